The topological polar surface area (TPSA) is 84.2 Å². The van der Waals surface area contributed by atoms with Crippen LogP contribution in [0.5, 0.6) is 0 Å². The molecule has 0 spiro atoms. The Balaban J connectivity index is 1.87. The van der Waals surface area contributed by atoms with Crippen molar-refractivity contribution in [3.63, 3.8) is 0 Å². The van der Waals surface area contributed by atoms with Crippen LogP contribution in [0.1, 0.15) is 62.5 Å². The van der Waals surface area contributed by atoms with Gasteiger partial charge < -0.3 is 10.4 Å². The van der Waals surface area contributed by atoms with Crippen LogP contribution in [-0.2, 0) is 16.0 Å². The van der Waals surface area contributed by atoms with Crippen molar-refractivity contribution in [2.75, 3.05) is 0 Å². The van der Waals surface area contributed by atoms with Crippen LogP contribution in [0.15, 0.2) is 30.3 Å². The third-order valence-electron chi connectivity index (χ3n) is 5.09. The third-order valence-corrected chi connectivity index (χ3v) is 5.09. The Morgan fingerprint density at radius 3 is 2.63 bits per heavy atom. The number of benzene rings is 1. The van der Waals surface area contributed by atoms with Gasteiger partial charge in [-0.25, -0.2) is 4.68 Å². The second-order valence-electron chi connectivity index (χ2n) is 8.11. The van der Waals surface area contributed by atoms with Crippen LogP contribution in [0.3, 0.4) is 0 Å². The highest BCUT2D eigenvalue weighted by Gasteiger charge is 2.37. The summed E-state index contributed by atoms with van der Waals surface area (Å²) in [6.07, 6.45) is 2.33. The maximum absolute atomic E-state index is 12.4. The number of aliphatic carboxylic acids is 1. The molecule has 27 heavy (non-hydrogen) atoms. The minimum absolute atomic E-state index is 0.0137. The first-order chi connectivity index (χ1) is 12.8. The number of hydrogen-bond acceptors (Lipinski definition) is 3. The molecule has 0 bridgehead atoms. The van der Waals surface area contributed by atoms with Gasteiger partial charge in [0.2, 0.25) is 5.91 Å². The molecule has 2 N–H and O–H groups in total. The zero-order chi connectivity index (χ0) is 19.6. The predicted molar refractivity (Wildman–Crippen MR) is 103 cm³/mol. The van der Waals surface area contributed by atoms with E-state index in [4.69, 9.17) is 10.2 Å². The minimum Gasteiger partial charge on any atom is -0.481 e. The van der Waals surface area contributed by atoms with Crippen molar-refractivity contribution < 1.29 is 14.7 Å². The van der Waals surface area contributed by atoms with Crippen LogP contribution >= 0.6 is 0 Å². The summed E-state index contributed by atoms with van der Waals surface area (Å²) < 4.78 is 2.00. The van der Waals surface area contributed by atoms with Crippen molar-refractivity contribution in [1.29, 1.82) is 0 Å². The molecule has 1 atom stereocenters. The number of amides is 1. The monoisotopic (exact) mass is 369 g/mol. The first-order valence-corrected chi connectivity index (χ1v) is 9.42. The molecule has 0 saturated heterocycles. The lowest BCUT2D eigenvalue weighted by atomic mass is 9.73. The minimum atomic E-state index is -0.871. The van der Waals surface area contributed by atoms with E-state index in [1.54, 1.807) is 0 Å². The van der Waals surface area contributed by atoms with Crippen molar-refractivity contribution >= 4 is 11.9 Å². The number of rotatable bonds is 6. The smallest absolute Gasteiger partial charge is 0.303 e. The molecule has 1 aromatic heterocycles. The lowest BCUT2D eigenvalue weighted by Crippen LogP contribution is -2.37. The lowest BCUT2D eigenvalue weighted by molar-refractivity contribution is -0.137. The predicted octanol–water partition coefficient (Wildman–Crippen LogP) is 3.57. The highest BCUT2D eigenvalue weighted by molar-refractivity contribution is 5.77. The number of para-hydroxylation sites is 1. The van der Waals surface area contributed by atoms with E-state index in [2.05, 4.69) is 19.2 Å². The average molecular weight is 369 g/mol. The van der Waals surface area contributed by atoms with E-state index in [1.807, 2.05) is 41.9 Å². The standard InChI is InChI=1S/C21H27N3O3/c1-14-20-16(22-18(25)10-7-11-19(26)27)12-21(2,3)13-17(20)24(23-14)15-8-5-4-6-9-15/h4-6,8-9,16H,7,10-13H2,1-3H3,(H,22,25)(H,26,27). The molecule has 1 aromatic carbocycles. The van der Waals surface area contributed by atoms with Gasteiger partial charge >= 0.3 is 5.97 Å². The van der Waals surface area contributed by atoms with Gasteiger partial charge in [-0.15, -0.1) is 0 Å². The number of carbonyl (C=O) groups is 2. The zero-order valence-corrected chi connectivity index (χ0v) is 16.2. The van der Waals surface area contributed by atoms with Crippen molar-refractivity contribution in [3.8, 4) is 5.69 Å². The number of carbonyl (C=O) groups excluding carboxylic acids is 1. The molecule has 1 amide bonds. The first kappa shape index (κ1) is 19.1. The second kappa shape index (κ2) is 7.55. The Morgan fingerprint density at radius 1 is 1.26 bits per heavy atom. The summed E-state index contributed by atoms with van der Waals surface area (Å²) in [4.78, 5) is 23.0. The maximum atomic E-state index is 12.4. The van der Waals surface area contributed by atoms with Crippen molar-refractivity contribution in [2.24, 2.45) is 5.41 Å². The summed E-state index contributed by atoms with van der Waals surface area (Å²) in [7, 11) is 0. The summed E-state index contributed by atoms with van der Waals surface area (Å²) in [5.41, 5.74) is 4.23. The Hall–Kier alpha value is -2.63. The molecule has 3 rings (SSSR count). The van der Waals surface area contributed by atoms with Gasteiger partial charge in [-0.3, -0.25) is 9.59 Å². The molecule has 144 valence electrons. The van der Waals surface area contributed by atoms with Crippen molar-refractivity contribution in [3.05, 3.63) is 47.3 Å². The quantitative estimate of drug-likeness (QED) is 0.815. The molecule has 0 aliphatic heterocycles. The van der Waals surface area contributed by atoms with Crippen LogP contribution < -0.4 is 5.32 Å². The third kappa shape index (κ3) is 4.38. The van der Waals surface area contributed by atoms with Gasteiger partial charge in [-0.1, -0.05) is 32.0 Å². The van der Waals surface area contributed by atoms with Crippen LogP contribution in [0.2, 0.25) is 0 Å². The SMILES string of the molecule is Cc1nn(-c2ccccc2)c2c1C(NC(=O)CCCC(=O)O)CC(C)(C)C2. The second-order valence-corrected chi connectivity index (χ2v) is 8.11. The van der Waals surface area contributed by atoms with Crippen LogP contribution in [0, 0.1) is 12.3 Å². The van der Waals surface area contributed by atoms with Crippen LogP contribution in [-0.4, -0.2) is 26.8 Å². The van der Waals surface area contributed by atoms with E-state index in [1.165, 1.54) is 0 Å². The molecular weight excluding hydrogens is 342 g/mol. The summed E-state index contributed by atoms with van der Waals surface area (Å²) >= 11 is 0. The summed E-state index contributed by atoms with van der Waals surface area (Å²) in [5, 5.41) is 16.6. The summed E-state index contributed by atoms with van der Waals surface area (Å²) in [5.74, 6) is -0.972. The van der Waals surface area contributed by atoms with Gasteiger partial charge in [0.1, 0.15) is 0 Å². The molecule has 0 fully saturated rings. The Labute approximate surface area is 159 Å². The number of carboxylic acid groups (broad SMARTS) is 1. The Bertz CT molecular complexity index is 840. The molecule has 1 aliphatic rings. The molecule has 1 heterocycles. The fraction of sp³-hybridized carbons (Fsp3) is 0.476. The zero-order valence-electron chi connectivity index (χ0n) is 16.2. The van der Waals surface area contributed by atoms with Gasteiger partial charge in [-0.05, 0) is 43.7 Å². The lowest BCUT2D eigenvalue weighted by Gasteiger charge is -2.36. The maximum Gasteiger partial charge on any atom is 0.303 e. The number of nitrogens with zero attached hydrogens (tertiary/aromatic N) is 2. The molecule has 2 aromatic rings. The van der Waals surface area contributed by atoms with Gasteiger partial charge in [0.15, 0.2) is 0 Å². The highest BCUT2D eigenvalue weighted by atomic mass is 16.4. The van der Waals surface area contributed by atoms with Gasteiger partial charge in [0.05, 0.1) is 23.1 Å². The number of nitrogens with one attached hydrogen (secondary N) is 1. The number of aryl methyl sites for hydroxylation is 1. The molecule has 1 unspecified atom stereocenters. The highest BCUT2D eigenvalue weighted by Crippen LogP contribution is 2.42. The van der Waals surface area contributed by atoms with Crippen LogP contribution in [0.4, 0.5) is 0 Å². The van der Waals surface area contributed by atoms with Gasteiger partial charge in [-0.2, -0.15) is 5.10 Å². The number of aromatic nitrogens is 2. The molecule has 6 heteroatoms. The number of carboxylic acids is 1. The fourth-order valence-electron chi connectivity index (χ4n) is 3.96. The van der Waals surface area contributed by atoms with E-state index in [0.717, 1.165) is 35.5 Å². The van der Waals surface area contributed by atoms with Gasteiger partial charge in [0, 0.05) is 18.4 Å². The largest absolute Gasteiger partial charge is 0.481 e. The van der Waals surface area contributed by atoms with E-state index in [9.17, 15) is 9.59 Å². The summed E-state index contributed by atoms with van der Waals surface area (Å²) in [6.45, 7) is 6.40. The van der Waals surface area contributed by atoms with Crippen molar-refractivity contribution in [1.82, 2.24) is 15.1 Å². The normalized spacial score (nSPS) is 18.0. The Morgan fingerprint density at radius 2 is 1.96 bits per heavy atom. The molecule has 0 radical (unpaired) electrons. The summed E-state index contributed by atoms with van der Waals surface area (Å²) in [6, 6.07) is 9.94. The van der Waals surface area contributed by atoms with E-state index in [0.29, 0.717) is 6.42 Å². The molecule has 0 saturated carbocycles. The molecule has 1 aliphatic carbocycles. The average Bonchev–Trinajstić information content (AvgIpc) is 2.90. The first-order valence-electron chi connectivity index (χ1n) is 9.42. The molecular formula is C21H27N3O3. The van der Waals surface area contributed by atoms with E-state index in [-0.39, 0.29) is 30.2 Å². The Kier molecular flexibility index (Phi) is 5.35. The van der Waals surface area contributed by atoms with Gasteiger partial charge in [0.25, 0.3) is 0 Å². The molecule has 6 nitrogen and oxygen atoms in total. The fourth-order valence-corrected chi connectivity index (χ4v) is 3.96. The van der Waals surface area contributed by atoms with Crippen LogP contribution in [0.25, 0.3) is 5.69 Å². The van der Waals surface area contributed by atoms with Crippen molar-refractivity contribution in [2.45, 2.75) is 58.9 Å². The van der Waals surface area contributed by atoms with E-state index >= 15 is 0 Å². The van der Waals surface area contributed by atoms with E-state index < -0.39 is 5.97 Å². The number of fused-ring (bicyclic) bond motifs is 1. The number of hydrogen-bond donors (Lipinski definition) is 2.